The molecule has 0 aromatic heterocycles. The van der Waals surface area contributed by atoms with E-state index >= 15 is 0 Å². The van der Waals surface area contributed by atoms with E-state index in [4.69, 9.17) is 9.47 Å². The standard InChI is InChI=1S/C16H21NO2/c1-2-4-13(5-3-1)8-9-17-11-14-6-7-15-16(10-14)19-12-18-15/h4,6-7,10,17H,1-3,5,8-9,11-12H2. The lowest BCUT2D eigenvalue weighted by atomic mass is 9.97. The van der Waals surface area contributed by atoms with E-state index < -0.39 is 0 Å². The first-order valence-corrected chi connectivity index (χ1v) is 7.19. The highest BCUT2D eigenvalue weighted by Crippen LogP contribution is 2.32. The van der Waals surface area contributed by atoms with Gasteiger partial charge in [0.1, 0.15) is 0 Å². The number of ether oxygens (including phenoxy) is 2. The predicted octanol–water partition coefficient (Wildman–Crippen LogP) is 3.40. The largest absolute Gasteiger partial charge is 0.454 e. The Morgan fingerprint density at radius 2 is 2.05 bits per heavy atom. The van der Waals surface area contributed by atoms with Crippen molar-refractivity contribution in [3.63, 3.8) is 0 Å². The normalized spacial score (nSPS) is 17.4. The van der Waals surface area contributed by atoms with E-state index in [1.165, 1.54) is 37.7 Å². The summed E-state index contributed by atoms with van der Waals surface area (Å²) >= 11 is 0. The van der Waals surface area contributed by atoms with E-state index in [0.717, 1.165) is 24.6 Å². The molecule has 0 saturated carbocycles. The molecule has 0 atom stereocenters. The van der Waals surface area contributed by atoms with Crippen LogP contribution in [-0.4, -0.2) is 13.3 Å². The second kappa shape index (κ2) is 6.11. The molecular formula is C16H21NO2. The van der Waals surface area contributed by atoms with E-state index in [1.54, 1.807) is 5.57 Å². The minimum Gasteiger partial charge on any atom is -0.454 e. The van der Waals surface area contributed by atoms with Gasteiger partial charge in [0.15, 0.2) is 11.5 Å². The summed E-state index contributed by atoms with van der Waals surface area (Å²) in [6.45, 7) is 2.30. The molecule has 1 N–H and O–H groups in total. The van der Waals surface area contributed by atoms with Crippen LogP contribution in [0.5, 0.6) is 11.5 Å². The second-order valence-electron chi connectivity index (χ2n) is 5.22. The molecule has 0 unspecified atom stereocenters. The van der Waals surface area contributed by atoms with E-state index in [1.807, 2.05) is 6.07 Å². The number of allylic oxidation sites excluding steroid dienone is 1. The van der Waals surface area contributed by atoms with Gasteiger partial charge < -0.3 is 14.8 Å². The summed E-state index contributed by atoms with van der Waals surface area (Å²) in [4.78, 5) is 0. The molecule has 0 bridgehead atoms. The van der Waals surface area contributed by atoms with Crippen LogP contribution in [0.3, 0.4) is 0 Å². The zero-order valence-corrected chi connectivity index (χ0v) is 11.3. The van der Waals surface area contributed by atoms with Crippen molar-refractivity contribution in [3.05, 3.63) is 35.4 Å². The van der Waals surface area contributed by atoms with Crippen molar-refractivity contribution in [2.75, 3.05) is 13.3 Å². The number of fused-ring (bicyclic) bond motifs is 1. The smallest absolute Gasteiger partial charge is 0.231 e. The maximum absolute atomic E-state index is 5.38. The number of rotatable bonds is 5. The first kappa shape index (κ1) is 12.5. The Morgan fingerprint density at radius 1 is 1.11 bits per heavy atom. The third kappa shape index (κ3) is 3.29. The second-order valence-corrected chi connectivity index (χ2v) is 5.22. The van der Waals surface area contributed by atoms with Gasteiger partial charge in [-0.25, -0.2) is 0 Å². The van der Waals surface area contributed by atoms with Gasteiger partial charge in [-0.15, -0.1) is 0 Å². The highest BCUT2D eigenvalue weighted by molar-refractivity contribution is 5.44. The van der Waals surface area contributed by atoms with Crippen molar-refractivity contribution in [1.82, 2.24) is 5.32 Å². The lowest BCUT2D eigenvalue weighted by Crippen LogP contribution is -2.15. The highest BCUT2D eigenvalue weighted by atomic mass is 16.7. The molecular weight excluding hydrogens is 238 g/mol. The first-order valence-electron chi connectivity index (χ1n) is 7.19. The van der Waals surface area contributed by atoms with Crippen molar-refractivity contribution >= 4 is 0 Å². The van der Waals surface area contributed by atoms with Crippen molar-refractivity contribution in [2.45, 2.75) is 38.6 Å². The molecule has 1 aliphatic carbocycles. The molecule has 102 valence electrons. The minimum atomic E-state index is 0.348. The van der Waals surface area contributed by atoms with Gasteiger partial charge in [-0.3, -0.25) is 0 Å². The molecule has 0 fully saturated rings. The Morgan fingerprint density at radius 3 is 2.95 bits per heavy atom. The molecule has 19 heavy (non-hydrogen) atoms. The number of benzene rings is 1. The van der Waals surface area contributed by atoms with Gasteiger partial charge in [-0.05, 0) is 56.3 Å². The quantitative estimate of drug-likeness (QED) is 0.649. The van der Waals surface area contributed by atoms with Crippen LogP contribution >= 0.6 is 0 Å². The number of nitrogens with one attached hydrogen (secondary N) is 1. The third-order valence-corrected chi connectivity index (χ3v) is 3.77. The van der Waals surface area contributed by atoms with Crippen LogP contribution < -0.4 is 14.8 Å². The first-order chi connectivity index (χ1) is 9.42. The molecule has 1 heterocycles. The summed E-state index contributed by atoms with van der Waals surface area (Å²) < 4.78 is 10.7. The summed E-state index contributed by atoms with van der Waals surface area (Å²) in [7, 11) is 0. The van der Waals surface area contributed by atoms with Gasteiger partial charge in [0.25, 0.3) is 0 Å². The van der Waals surface area contributed by atoms with Crippen LogP contribution in [0.2, 0.25) is 0 Å². The molecule has 1 aromatic rings. The lowest BCUT2D eigenvalue weighted by molar-refractivity contribution is 0.174. The van der Waals surface area contributed by atoms with E-state index in [2.05, 4.69) is 23.5 Å². The number of hydrogen-bond acceptors (Lipinski definition) is 3. The molecule has 0 amide bonds. The number of hydrogen-bond donors (Lipinski definition) is 1. The summed E-state index contributed by atoms with van der Waals surface area (Å²) in [6.07, 6.45) is 8.92. The highest BCUT2D eigenvalue weighted by Gasteiger charge is 2.12. The molecule has 3 heteroatoms. The van der Waals surface area contributed by atoms with Gasteiger partial charge in [-0.2, -0.15) is 0 Å². The van der Waals surface area contributed by atoms with E-state index in [0.29, 0.717) is 6.79 Å². The Labute approximate surface area is 114 Å². The average Bonchev–Trinajstić information content (AvgIpc) is 2.92. The van der Waals surface area contributed by atoms with Crippen molar-refractivity contribution < 1.29 is 9.47 Å². The maximum Gasteiger partial charge on any atom is 0.231 e. The van der Waals surface area contributed by atoms with Gasteiger partial charge in [-0.1, -0.05) is 17.7 Å². The molecule has 0 saturated heterocycles. The predicted molar refractivity (Wildman–Crippen MR) is 75.4 cm³/mol. The molecule has 0 spiro atoms. The van der Waals surface area contributed by atoms with Crippen LogP contribution in [-0.2, 0) is 6.54 Å². The van der Waals surface area contributed by atoms with Crippen molar-refractivity contribution in [1.29, 1.82) is 0 Å². The van der Waals surface area contributed by atoms with Gasteiger partial charge in [0.2, 0.25) is 6.79 Å². The van der Waals surface area contributed by atoms with E-state index in [9.17, 15) is 0 Å². The van der Waals surface area contributed by atoms with Crippen LogP contribution in [0.25, 0.3) is 0 Å². The van der Waals surface area contributed by atoms with Crippen LogP contribution in [0, 0.1) is 0 Å². The molecule has 3 rings (SSSR count). The summed E-state index contributed by atoms with van der Waals surface area (Å²) in [6, 6.07) is 6.15. The van der Waals surface area contributed by atoms with Crippen LogP contribution in [0.15, 0.2) is 29.8 Å². The fourth-order valence-electron chi connectivity index (χ4n) is 2.66. The average molecular weight is 259 g/mol. The SMILES string of the molecule is C1=C(CCNCc2ccc3c(c2)OCO3)CCCC1. The maximum atomic E-state index is 5.38. The summed E-state index contributed by atoms with van der Waals surface area (Å²) in [5.41, 5.74) is 2.88. The molecule has 0 radical (unpaired) electrons. The van der Waals surface area contributed by atoms with Crippen LogP contribution in [0.1, 0.15) is 37.7 Å². The molecule has 1 aromatic carbocycles. The third-order valence-electron chi connectivity index (χ3n) is 3.77. The van der Waals surface area contributed by atoms with Crippen molar-refractivity contribution in [3.8, 4) is 11.5 Å². The Balaban J connectivity index is 1.43. The molecule has 2 aliphatic rings. The Kier molecular flexibility index (Phi) is 4.04. The Hall–Kier alpha value is -1.48. The molecule has 3 nitrogen and oxygen atoms in total. The van der Waals surface area contributed by atoms with Gasteiger partial charge in [0.05, 0.1) is 0 Å². The van der Waals surface area contributed by atoms with Crippen molar-refractivity contribution in [2.24, 2.45) is 0 Å². The van der Waals surface area contributed by atoms with E-state index in [-0.39, 0.29) is 0 Å². The Bertz CT molecular complexity index is 468. The monoisotopic (exact) mass is 259 g/mol. The van der Waals surface area contributed by atoms with Gasteiger partial charge >= 0.3 is 0 Å². The van der Waals surface area contributed by atoms with Crippen LogP contribution in [0.4, 0.5) is 0 Å². The lowest BCUT2D eigenvalue weighted by Gasteiger charge is -2.13. The fraction of sp³-hybridized carbons (Fsp3) is 0.500. The fourth-order valence-corrected chi connectivity index (χ4v) is 2.66. The topological polar surface area (TPSA) is 30.5 Å². The van der Waals surface area contributed by atoms with Gasteiger partial charge in [0, 0.05) is 6.54 Å². The summed E-state index contributed by atoms with van der Waals surface area (Å²) in [5.74, 6) is 1.73. The zero-order valence-electron chi connectivity index (χ0n) is 11.3. The molecule has 1 aliphatic heterocycles. The minimum absolute atomic E-state index is 0.348. The zero-order chi connectivity index (χ0) is 12.9. The summed E-state index contributed by atoms with van der Waals surface area (Å²) in [5, 5.41) is 3.50.